The van der Waals surface area contributed by atoms with E-state index in [0.29, 0.717) is 11.4 Å². The van der Waals surface area contributed by atoms with Gasteiger partial charge in [0.2, 0.25) is 23.6 Å². The van der Waals surface area contributed by atoms with Crippen LogP contribution in [0.5, 0.6) is 0 Å². The lowest BCUT2D eigenvalue weighted by molar-refractivity contribution is -0.127. The second kappa shape index (κ2) is 20.4. The summed E-state index contributed by atoms with van der Waals surface area (Å²) in [4.78, 5) is 53.6. The van der Waals surface area contributed by atoms with Crippen molar-refractivity contribution in [3.8, 4) is 22.3 Å². The summed E-state index contributed by atoms with van der Waals surface area (Å²) in [7, 11) is 0. The largest absolute Gasteiger partial charge is 0.349 e. The maximum absolute atomic E-state index is 13.5. The van der Waals surface area contributed by atoms with E-state index < -0.39 is 0 Å². The molecule has 2 saturated carbocycles. The number of fused-ring (bicyclic) bond motifs is 2. The van der Waals surface area contributed by atoms with Crippen molar-refractivity contribution in [1.82, 2.24) is 10.6 Å². The Morgan fingerprint density at radius 3 is 1.12 bits per heavy atom. The topological polar surface area (TPSA) is 116 Å². The Labute approximate surface area is 400 Å². The van der Waals surface area contributed by atoms with Crippen LogP contribution in [0.2, 0.25) is 0 Å². The molecule has 0 aromatic heterocycles. The van der Waals surface area contributed by atoms with Crippen LogP contribution in [-0.2, 0) is 19.2 Å². The van der Waals surface area contributed by atoms with Gasteiger partial charge in [-0.1, -0.05) is 146 Å². The maximum atomic E-state index is 13.5. The van der Waals surface area contributed by atoms with E-state index in [9.17, 15) is 19.2 Å². The SMILES string of the molecule is CC(=O)Nc1c(-c2cccc3cccc(C4CCC(C(=O)N[C@H](C)c5ccccc5)CC4)c23)ccc(-c2cccc3cccc(C4CCC(C(=O)N[C@H](C)c5ccccc5)CC4)c23)c1NC(C)=O. The fourth-order valence-corrected chi connectivity index (χ4v) is 11.2. The van der Waals surface area contributed by atoms with Crippen molar-refractivity contribution in [3.63, 3.8) is 0 Å². The minimum Gasteiger partial charge on any atom is -0.349 e. The van der Waals surface area contributed by atoms with Crippen LogP contribution >= 0.6 is 0 Å². The zero-order chi connectivity index (χ0) is 47.3. The third-order valence-electron chi connectivity index (χ3n) is 14.7. The zero-order valence-electron chi connectivity index (χ0n) is 39.6. The van der Waals surface area contributed by atoms with Crippen LogP contribution in [0.3, 0.4) is 0 Å². The van der Waals surface area contributed by atoms with E-state index in [2.05, 4.69) is 130 Å². The molecule has 0 aliphatic heterocycles. The van der Waals surface area contributed by atoms with Gasteiger partial charge in [-0.15, -0.1) is 0 Å². The van der Waals surface area contributed by atoms with Crippen LogP contribution in [0.4, 0.5) is 11.4 Å². The summed E-state index contributed by atoms with van der Waals surface area (Å²) in [5, 5.41) is 17.3. The first-order valence-corrected chi connectivity index (χ1v) is 24.5. The molecule has 4 amide bonds. The molecule has 68 heavy (non-hydrogen) atoms. The Kier molecular flexibility index (Phi) is 13.8. The molecule has 8 heteroatoms. The minimum atomic E-state index is -0.244. The van der Waals surface area contributed by atoms with Gasteiger partial charge in [0, 0.05) is 36.8 Å². The van der Waals surface area contributed by atoms with E-state index in [1.54, 1.807) is 0 Å². The standard InChI is InChI=1S/C60H62N4O4/c1-37(41-15-7-5-8-16-41)61-59(67)47-31-27-43(28-32-47)49-23-11-19-45-21-13-25-51(55(45)49)53-35-36-54(58(64-40(4)66)57(53)63-39(3)65)52-26-14-22-46-20-12-24-50(56(46)52)44-29-33-48(34-30-44)60(68)62-38(2)42-17-9-6-10-18-42/h5-26,35-38,43-44,47-48H,27-34H2,1-4H3,(H,61,67)(H,62,68)(H,63,65)(H,64,66)/t37-,38-,43?,44?,47?,48?/m1/s1. The van der Waals surface area contributed by atoms with E-state index in [1.165, 1.54) is 25.0 Å². The molecule has 2 atom stereocenters. The summed E-state index contributed by atoms with van der Waals surface area (Å²) in [5.74, 6) is 0.132. The molecule has 2 fully saturated rings. The molecule has 8 nitrogen and oxygen atoms in total. The molecule has 0 unspecified atom stereocenters. The fraction of sp³-hybridized carbons (Fsp3) is 0.300. The number of rotatable bonds is 12. The Hall–Kier alpha value is -7.06. The quantitative estimate of drug-likeness (QED) is 0.0977. The average Bonchev–Trinajstić information content (AvgIpc) is 3.36. The van der Waals surface area contributed by atoms with Crippen LogP contribution in [0.1, 0.15) is 125 Å². The van der Waals surface area contributed by atoms with Gasteiger partial charge in [0.05, 0.1) is 23.5 Å². The third-order valence-corrected chi connectivity index (χ3v) is 14.7. The Morgan fingerprint density at radius 1 is 0.412 bits per heavy atom. The highest BCUT2D eigenvalue weighted by Crippen LogP contribution is 2.49. The number of carbonyl (C=O) groups is 4. The van der Waals surface area contributed by atoms with Crippen molar-refractivity contribution in [2.24, 2.45) is 11.8 Å². The van der Waals surface area contributed by atoms with Crippen molar-refractivity contribution >= 4 is 56.5 Å². The first-order valence-electron chi connectivity index (χ1n) is 24.5. The van der Waals surface area contributed by atoms with E-state index in [-0.39, 0.29) is 59.4 Å². The normalized spacial score (nSPS) is 19.1. The highest BCUT2D eigenvalue weighted by atomic mass is 16.2. The summed E-state index contributed by atoms with van der Waals surface area (Å²) in [6, 6.07) is 49.8. The summed E-state index contributed by atoms with van der Waals surface area (Å²) in [6.45, 7) is 7.10. The summed E-state index contributed by atoms with van der Waals surface area (Å²) < 4.78 is 0. The Morgan fingerprint density at radius 2 is 0.765 bits per heavy atom. The molecule has 2 aliphatic carbocycles. The van der Waals surface area contributed by atoms with Crippen LogP contribution in [-0.4, -0.2) is 23.6 Å². The molecule has 7 aromatic carbocycles. The van der Waals surface area contributed by atoms with Crippen molar-refractivity contribution in [2.45, 2.75) is 103 Å². The minimum absolute atomic E-state index is 0.0452. The molecule has 7 aromatic rings. The van der Waals surface area contributed by atoms with E-state index in [0.717, 1.165) is 106 Å². The van der Waals surface area contributed by atoms with Gasteiger partial charge in [-0.3, -0.25) is 19.2 Å². The first kappa shape index (κ1) is 46.1. The van der Waals surface area contributed by atoms with Crippen LogP contribution in [0.25, 0.3) is 43.8 Å². The molecule has 0 saturated heterocycles. The highest BCUT2D eigenvalue weighted by Gasteiger charge is 2.32. The predicted molar refractivity (Wildman–Crippen MR) is 276 cm³/mol. The number of amides is 4. The van der Waals surface area contributed by atoms with Crippen molar-refractivity contribution in [3.05, 3.63) is 168 Å². The molecule has 0 radical (unpaired) electrons. The van der Waals surface area contributed by atoms with Gasteiger partial charge in [0.25, 0.3) is 0 Å². The van der Waals surface area contributed by atoms with Crippen LogP contribution in [0.15, 0.2) is 146 Å². The van der Waals surface area contributed by atoms with Gasteiger partial charge in [-0.25, -0.2) is 0 Å². The number of carbonyl (C=O) groups excluding carboxylic acids is 4. The van der Waals surface area contributed by atoms with Gasteiger partial charge in [0.1, 0.15) is 0 Å². The molecule has 4 N–H and O–H groups in total. The molecular weight excluding hydrogens is 841 g/mol. The lowest BCUT2D eigenvalue weighted by Gasteiger charge is -2.30. The number of nitrogens with one attached hydrogen (secondary N) is 4. The fourth-order valence-electron chi connectivity index (χ4n) is 11.2. The molecule has 0 heterocycles. The molecule has 0 bridgehead atoms. The molecular formula is C60H62N4O4. The lowest BCUT2D eigenvalue weighted by atomic mass is 9.76. The predicted octanol–water partition coefficient (Wildman–Crippen LogP) is 13.5. The van der Waals surface area contributed by atoms with Crippen LogP contribution in [0, 0.1) is 11.8 Å². The van der Waals surface area contributed by atoms with E-state index in [4.69, 9.17) is 0 Å². The number of anilines is 2. The van der Waals surface area contributed by atoms with Gasteiger partial charge in [0.15, 0.2) is 0 Å². The number of hydrogen-bond donors (Lipinski definition) is 4. The zero-order valence-corrected chi connectivity index (χ0v) is 39.6. The summed E-state index contributed by atoms with van der Waals surface area (Å²) >= 11 is 0. The van der Waals surface area contributed by atoms with Gasteiger partial charge in [-0.05, 0) is 132 Å². The van der Waals surface area contributed by atoms with Crippen molar-refractivity contribution in [2.75, 3.05) is 10.6 Å². The first-order chi connectivity index (χ1) is 33.0. The molecule has 346 valence electrons. The number of benzene rings is 7. The smallest absolute Gasteiger partial charge is 0.223 e. The Balaban J connectivity index is 1.04. The average molecular weight is 903 g/mol. The van der Waals surface area contributed by atoms with E-state index in [1.807, 2.05) is 50.2 Å². The third kappa shape index (κ3) is 9.82. The maximum Gasteiger partial charge on any atom is 0.223 e. The summed E-state index contributed by atoms with van der Waals surface area (Å²) in [6.07, 6.45) is 6.72. The summed E-state index contributed by atoms with van der Waals surface area (Å²) in [5.41, 5.74) is 9.30. The van der Waals surface area contributed by atoms with E-state index >= 15 is 0 Å². The Bertz CT molecular complexity index is 2760. The van der Waals surface area contributed by atoms with Crippen LogP contribution < -0.4 is 21.3 Å². The monoisotopic (exact) mass is 902 g/mol. The van der Waals surface area contributed by atoms with Gasteiger partial charge in [-0.2, -0.15) is 0 Å². The van der Waals surface area contributed by atoms with Crippen molar-refractivity contribution < 1.29 is 19.2 Å². The molecule has 9 rings (SSSR count). The second-order valence-electron chi connectivity index (χ2n) is 19.2. The second-order valence-corrected chi connectivity index (χ2v) is 19.2. The molecule has 0 spiro atoms. The van der Waals surface area contributed by atoms with Gasteiger partial charge >= 0.3 is 0 Å². The highest BCUT2D eigenvalue weighted by molar-refractivity contribution is 6.14. The lowest BCUT2D eigenvalue weighted by Crippen LogP contribution is -2.34. The number of hydrogen-bond acceptors (Lipinski definition) is 4. The van der Waals surface area contributed by atoms with Crippen molar-refractivity contribution in [1.29, 1.82) is 0 Å². The molecule has 2 aliphatic rings. The van der Waals surface area contributed by atoms with Gasteiger partial charge < -0.3 is 21.3 Å².